The first-order valence-corrected chi connectivity index (χ1v) is 4.96. The van der Waals surface area contributed by atoms with Crippen molar-refractivity contribution in [3.05, 3.63) is 17.5 Å². The van der Waals surface area contributed by atoms with Gasteiger partial charge in [0.25, 0.3) is 0 Å². The van der Waals surface area contributed by atoms with E-state index in [4.69, 9.17) is 11.6 Å². The number of aromatic amines is 1. The largest absolute Gasteiger partial charge is 0.328 e. The molecule has 0 aliphatic heterocycles. The summed E-state index contributed by atoms with van der Waals surface area (Å²) in [5, 5.41) is 1.31. The molecule has 2 heterocycles. The van der Waals surface area contributed by atoms with Crippen molar-refractivity contribution in [2.75, 3.05) is 6.26 Å². The Labute approximate surface area is 78.6 Å². The summed E-state index contributed by atoms with van der Waals surface area (Å²) in [4.78, 5) is 11.2. The van der Waals surface area contributed by atoms with Crippen LogP contribution in [0.4, 0.5) is 0 Å². The molecule has 0 fully saturated rings. The van der Waals surface area contributed by atoms with Crippen LogP contribution in [0.5, 0.6) is 0 Å². The zero-order valence-electron chi connectivity index (χ0n) is 6.34. The second kappa shape index (κ2) is 2.95. The minimum absolute atomic E-state index is 0.410. The van der Waals surface area contributed by atoms with Gasteiger partial charge in [-0.15, -0.1) is 11.8 Å². The van der Waals surface area contributed by atoms with Crippen molar-refractivity contribution in [3.63, 3.8) is 0 Å². The molecule has 0 aliphatic carbocycles. The Kier molecular flexibility index (Phi) is 1.94. The van der Waals surface area contributed by atoms with E-state index in [0.717, 1.165) is 16.1 Å². The molecule has 3 nitrogen and oxygen atoms in total. The fourth-order valence-corrected chi connectivity index (χ4v) is 1.73. The number of imidazole rings is 1. The third kappa shape index (κ3) is 1.17. The summed E-state index contributed by atoms with van der Waals surface area (Å²) in [6, 6.07) is 1.86. The third-order valence-electron chi connectivity index (χ3n) is 1.53. The van der Waals surface area contributed by atoms with Crippen molar-refractivity contribution < 1.29 is 0 Å². The Morgan fingerprint density at radius 3 is 3.17 bits per heavy atom. The molecular weight excluding hydrogens is 194 g/mol. The fraction of sp³-hybridized carbons (Fsp3) is 0.143. The summed E-state index contributed by atoms with van der Waals surface area (Å²) in [6.45, 7) is 0. The molecule has 0 spiro atoms. The van der Waals surface area contributed by atoms with Crippen LogP contribution in [-0.4, -0.2) is 21.2 Å². The number of nitrogens with zero attached hydrogens (tertiary/aromatic N) is 2. The monoisotopic (exact) mass is 199 g/mol. The van der Waals surface area contributed by atoms with Crippen molar-refractivity contribution >= 4 is 34.4 Å². The van der Waals surface area contributed by atoms with E-state index in [1.54, 1.807) is 18.0 Å². The molecule has 0 saturated heterocycles. The van der Waals surface area contributed by atoms with Gasteiger partial charge in [-0.2, -0.15) is 0 Å². The van der Waals surface area contributed by atoms with Gasteiger partial charge in [-0.3, -0.25) is 0 Å². The molecule has 0 radical (unpaired) electrons. The first-order valence-electron chi connectivity index (χ1n) is 3.35. The van der Waals surface area contributed by atoms with Crippen LogP contribution in [0.2, 0.25) is 5.28 Å². The van der Waals surface area contributed by atoms with Crippen LogP contribution >= 0.6 is 23.4 Å². The average Bonchev–Trinajstić information content (AvgIpc) is 2.44. The van der Waals surface area contributed by atoms with Crippen molar-refractivity contribution in [3.8, 4) is 0 Å². The van der Waals surface area contributed by atoms with Crippen molar-refractivity contribution in [2.24, 2.45) is 0 Å². The van der Waals surface area contributed by atoms with Crippen LogP contribution in [0.3, 0.4) is 0 Å². The van der Waals surface area contributed by atoms with E-state index in [9.17, 15) is 0 Å². The lowest BCUT2D eigenvalue weighted by molar-refractivity contribution is 1.16. The normalized spacial score (nSPS) is 10.8. The summed E-state index contributed by atoms with van der Waals surface area (Å²) < 4.78 is 0. The summed E-state index contributed by atoms with van der Waals surface area (Å²) in [5.41, 5.74) is 1.77. The van der Waals surface area contributed by atoms with Crippen LogP contribution in [0, 0.1) is 0 Å². The molecular formula is C7H6ClN3S. The van der Waals surface area contributed by atoms with Gasteiger partial charge in [0, 0.05) is 6.20 Å². The third-order valence-corrected chi connectivity index (χ3v) is 2.40. The topological polar surface area (TPSA) is 41.6 Å². The van der Waals surface area contributed by atoms with Gasteiger partial charge in [-0.25, -0.2) is 9.97 Å². The number of pyridine rings is 1. The van der Waals surface area contributed by atoms with Crippen LogP contribution in [0.25, 0.3) is 11.0 Å². The molecule has 0 bridgehead atoms. The van der Waals surface area contributed by atoms with Gasteiger partial charge in [0.05, 0.1) is 5.52 Å². The first-order chi connectivity index (χ1) is 5.81. The lowest BCUT2D eigenvalue weighted by Gasteiger charge is -1.93. The van der Waals surface area contributed by atoms with E-state index in [1.165, 1.54) is 0 Å². The highest BCUT2D eigenvalue weighted by Crippen LogP contribution is 2.22. The molecule has 0 saturated carbocycles. The van der Waals surface area contributed by atoms with Gasteiger partial charge in [0.2, 0.25) is 5.28 Å². The summed E-state index contributed by atoms with van der Waals surface area (Å²) in [6.07, 6.45) is 3.70. The molecule has 62 valence electrons. The number of rotatable bonds is 1. The predicted octanol–water partition coefficient (Wildman–Crippen LogP) is 2.33. The fourth-order valence-electron chi connectivity index (χ4n) is 1.03. The molecule has 0 aliphatic rings. The number of fused-ring (bicyclic) bond motifs is 1. The number of thioether (sulfide) groups is 1. The molecule has 2 aromatic rings. The highest BCUT2D eigenvalue weighted by Gasteiger charge is 2.05. The van der Waals surface area contributed by atoms with E-state index in [0.29, 0.717) is 5.28 Å². The van der Waals surface area contributed by atoms with E-state index in [1.807, 2.05) is 12.3 Å². The zero-order chi connectivity index (χ0) is 8.55. The van der Waals surface area contributed by atoms with Crippen LogP contribution < -0.4 is 0 Å². The summed E-state index contributed by atoms with van der Waals surface area (Å²) in [7, 11) is 0. The maximum absolute atomic E-state index is 5.71. The number of hydrogen-bond acceptors (Lipinski definition) is 3. The van der Waals surface area contributed by atoms with E-state index in [2.05, 4.69) is 15.0 Å². The van der Waals surface area contributed by atoms with Crippen LogP contribution in [0.1, 0.15) is 0 Å². The molecule has 12 heavy (non-hydrogen) atoms. The van der Waals surface area contributed by atoms with Crippen LogP contribution in [0.15, 0.2) is 17.3 Å². The lowest BCUT2D eigenvalue weighted by Crippen LogP contribution is -1.79. The van der Waals surface area contributed by atoms with Crippen LogP contribution in [-0.2, 0) is 0 Å². The quantitative estimate of drug-likeness (QED) is 0.717. The lowest BCUT2D eigenvalue weighted by atomic mass is 10.4. The van der Waals surface area contributed by atoms with Crippen molar-refractivity contribution in [2.45, 2.75) is 5.03 Å². The molecule has 1 N–H and O–H groups in total. The molecule has 0 aromatic carbocycles. The average molecular weight is 200 g/mol. The Hall–Kier alpha value is -0.740. The second-order valence-electron chi connectivity index (χ2n) is 2.24. The molecule has 5 heteroatoms. The van der Waals surface area contributed by atoms with Gasteiger partial charge in [0.1, 0.15) is 10.5 Å². The standard InChI is InChI=1S/C7H6ClN3S/c1-12-6-5-4(2-3-9-6)10-7(8)11-5/h2-3H,1H3,(H,10,11). The van der Waals surface area contributed by atoms with E-state index < -0.39 is 0 Å². The number of nitrogens with one attached hydrogen (secondary N) is 1. The highest BCUT2D eigenvalue weighted by molar-refractivity contribution is 7.98. The Bertz CT molecular complexity index is 412. The summed E-state index contributed by atoms with van der Waals surface area (Å²) in [5.74, 6) is 0. The van der Waals surface area contributed by atoms with E-state index in [-0.39, 0.29) is 0 Å². The molecule has 0 atom stereocenters. The van der Waals surface area contributed by atoms with Gasteiger partial charge in [-0.1, -0.05) is 0 Å². The van der Waals surface area contributed by atoms with Crippen molar-refractivity contribution in [1.82, 2.24) is 15.0 Å². The maximum Gasteiger partial charge on any atom is 0.201 e. The predicted molar refractivity (Wildman–Crippen MR) is 50.7 cm³/mol. The molecule has 0 unspecified atom stereocenters. The van der Waals surface area contributed by atoms with Gasteiger partial charge in [0.15, 0.2) is 0 Å². The minimum Gasteiger partial charge on any atom is -0.328 e. The number of H-pyrrole nitrogens is 1. The smallest absolute Gasteiger partial charge is 0.201 e. The molecule has 0 amide bonds. The first kappa shape index (κ1) is 7.89. The van der Waals surface area contributed by atoms with Crippen molar-refractivity contribution in [1.29, 1.82) is 0 Å². The minimum atomic E-state index is 0.410. The highest BCUT2D eigenvalue weighted by atomic mass is 35.5. The number of halogens is 1. The molecule has 2 rings (SSSR count). The Morgan fingerprint density at radius 2 is 2.42 bits per heavy atom. The summed E-state index contributed by atoms with van der Waals surface area (Å²) >= 11 is 7.27. The van der Waals surface area contributed by atoms with Gasteiger partial charge in [-0.05, 0) is 23.9 Å². The van der Waals surface area contributed by atoms with Gasteiger partial charge < -0.3 is 4.98 Å². The Balaban J connectivity index is 2.78. The van der Waals surface area contributed by atoms with E-state index >= 15 is 0 Å². The number of hydrogen-bond donors (Lipinski definition) is 1. The zero-order valence-corrected chi connectivity index (χ0v) is 7.91. The number of aromatic nitrogens is 3. The SMILES string of the molecule is CSc1nccc2[nH]c(Cl)nc12. The maximum atomic E-state index is 5.71. The van der Waals surface area contributed by atoms with Gasteiger partial charge >= 0.3 is 0 Å². The second-order valence-corrected chi connectivity index (χ2v) is 3.40. The Morgan fingerprint density at radius 1 is 1.58 bits per heavy atom. The molecule has 2 aromatic heterocycles.